The van der Waals surface area contributed by atoms with Crippen LogP contribution in [-0.4, -0.2) is 108 Å². The lowest BCUT2D eigenvalue weighted by molar-refractivity contribution is -0.150. The molecule has 288 valence electrons. The lowest BCUT2D eigenvalue weighted by Crippen LogP contribution is -2.71. The first-order valence-corrected chi connectivity index (χ1v) is 18.9. The van der Waals surface area contributed by atoms with Crippen molar-refractivity contribution in [3.05, 3.63) is 51.6 Å². The van der Waals surface area contributed by atoms with E-state index in [1.165, 1.54) is 52.4 Å². The number of anilines is 1. The number of thioether (sulfide) groups is 2. The molecule has 0 radical (unpaired) electrons. The molecule has 2 aromatic heterocycles. The van der Waals surface area contributed by atoms with Crippen LogP contribution in [0.1, 0.15) is 29.9 Å². The van der Waals surface area contributed by atoms with E-state index >= 15 is 0 Å². The monoisotopic (exact) mass is 834 g/mol. The van der Waals surface area contributed by atoms with E-state index in [9.17, 15) is 43.5 Å². The van der Waals surface area contributed by atoms with Gasteiger partial charge in [0.2, 0.25) is 0 Å². The molecule has 7 N–H and O–H groups in total. The summed E-state index contributed by atoms with van der Waals surface area (Å²) in [5.41, 5.74) is 10.7. The fourth-order valence-corrected chi connectivity index (χ4v) is 8.15. The minimum absolute atomic E-state index is 0.0591. The summed E-state index contributed by atoms with van der Waals surface area (Å²) in [4.78, 5) is 109. The van der Waals surface area contributed by atoms with Crippen LogP contribution in [0.15, 0.2) is 49.9 Å². The number of amides is 6. The first-order chi connectivity index (χ1) is 26.2. The number of nitrogen functional groups attached to an aromatic ring is 1. The molecule has 3 aromatic rings. The maximum atomic E-state index is 13.4. The number of nitrogens with one attached hydrogen (secondary N) is 4. The fraction of sp³-hybridized carbons (Fsp3) is 0.241. The number of esters is 2. The van der Waals surface area contributed by atoms with Gasteiger partial charge in [-0.2, -0.15) is 0 Å². The lowest BCUT2D eigenvalue weighted by atomic mass is 10.0. The zero-order valence-corrected chi connectivity index (χ0v) is 31.3. The maximum absolute atomic E-state index is 13.4. The maximum Gasteiger partial charge on any atom is 0.352 e. The van der Waals surface area contributed by atoms with Crippen molar-refractivity contribution in [3.63, 3.8) is 0 Å². The van der Waals surface area contributed by atoms with Crippen molar-refractivity contribution in [2.45, 2.75) is 29.6 Å². The van der Waals surface area contributed by atoms with Gasteiger partial charge in [-0.05, 0) is 23.8 Å². The second-order valence-corrected chi connectivity index (χ2v) is 14.8. The molecule has 1 fully saturated rings. The average molecular weight is 835 g/mol. The van der Waals surface area contributed by atoms with Crippen LogP contribution in [0.4, 0.5) is 9.93 Å². The van der Waals surface area contributed by atoms with Gasteiger partial charge in [0.15, 0.2) is 33.3 Å². The Morgan fingerprint density at radius 3 is 2.47 bits per heavy atom. The third-order valence-corrected chi connectivity index (χ3v) is 10.8. The van der Waals surface area contributed by atoms with E-state index in [2.05, 4.69) is 25.7 Å². The Morgan fingerprint density at radius 1 is 1.07 bits per heavy atom. The number of carboxylic acids is 1. The van der Waals surface area contributed by atoms with Crippen molar-refractivity contribution in [1.82, 2.24) is 41.6 Å². The number of imide groups is 1. The molecule has 4 heterocycles. The van der Waals surface area contributed by atoms with Gasteiger partial charge >= 0.3 is 23.9 Å². The summed E-state index contributed by atoms with van der Waals surface area (Å²) in [6.07, 6.45) is 0. The Bertz CT molecular complexity index is 2120. The molecule has 0 saturated carbocycles. The highest BCUT2D eigenvalue weighted by molar-refractivity contribution is 8.01. The Hall–Kier alpha value is -6.12. The second kappa shape index (κ2) is 17.8. The zero-order chi connectivity index (χ0) is 39.8. The van der Waals surface area contributed by atoms with Crippen molar-refractivity contribution < 1.29 is 57.8 Å². The minimum Gasteiger partial charge on any atom is -0.477 e. The van der Waals surface area contributed by atoms with E-state index in [0.29, 0.717) is 9.91 Å². The van der Waals surface area contributed by atoms with Crippen LogP contribution in [0.5, 0.6) is 11.5 Å². The molecule has 1 unspecified atom stereocenters. The molecule has 2 aliphatic rings. The molecule has 5 rings (SSSR count). The normalized spacial score (nSPS) is 16.2. The van der Waals surface area contributed by atoms with Crippen LogP contribution in [0.25, 0.3) is 0 Å². The van der Waals surface area contributed by atoms with Gasteiger partial charge in [-0.1, -0.05) is 28.3 Å². The van der Waals surface area contributed by atoms with Crippen LogP contribution in [-0.2, 0) is 33.6 Å². The van der Waals surface area contributed by atoms with Gasteiger partial charge in [0, 0.05) is 36.3 Å². The third-order valence-electron chi connectivity index (χ3n) is 6.83. The Kier molecular flexibility index (Phi) is 13.0. The smallest absolute Gasteiger partial charge is 0.352 e. The summed E-state index contributed by atoms with van der Waals surface area (Å²) in [5.74, 6) is -6.30. The Balaban J connectivity index is 1.16. The van der Waals surface area contributed by atoms with E-state index in [4.69, 9.17) is 20.0 Å². The average Bonchev–Trinajstić information content (AvgIpc) is 3.82. The van der Waals surface area contributed by atoms with E-state index in [1.807, 2.05) is 16.2 Å². The van der Waals surface area contributed by atoms with Crippen molar-refractivity contribution in [3.8, 4) is 11.5 Å². The zero-order valence-electron chi connectivity index (χ0n) is 28.0. The number of fused-ring (bicyclic) bond motifs is 1. The highest BCUT2D eigenvalue weighted by Crippen LogP contribution is 2.41. The molecule has 2 atom stereocenters. The summed E-state index contributed by atoms with van der Waals surface area (Å²) < 4.78 is 10.5. The number of urea groups is 1. The number of hydrazine groups is 1. The standard InChI is InChI=1S/C29H26N10O12S4/c1-11(40)50-16-4-3-13(5-17(16)51-12(2)41)22(43)34-28(48)36-35-18(42)6-49-38-19(15-9-53-27(30)32-15)23(44)33-20-24(45)39-21(26(46)47)14(7-52-25(20)39)8-54-29-37-31-10-55-29/h3-5,9-10,20,25H,6-8H2,1-2H3,(H2,30,32)(H,33,44)(H,35,42)(H,46,47)(H2,34,36,43,48)/t20?,25-/m1/s1. The largest absolute Gasteiger partial charge is 0.477 e. The molecular weight excluding hydrogens is 809 g/mol. The number of β-lactam (4-membered cyclic amide) rings is 1. The Labute approximate surface area is 324 Å². The van der Waals surface area contributed by atoms with Crippen LogP contribution in [0.3, 0.4) is 0 Å². The van der Waals surface area contributed by atoms with Crippen molar-refractivity contribution in [2.75, 3.05) is 23.8 Å². The summed E-state index contributed by atoms with van der Waals surface area (Å²) >= 11 is 4.79. The predicted molar refractivity (Wildman–Crippen MR) is 193 cm³/mol. The van der Waals surface area contributed by atoms with Gasteiger partial charge in [0.1, 0.15) is 28.3 Å². The van der Waals surface area contributed by atoms with Gasteiger partial charge in [-0.25, -0.2) is 20.0 Å². The van der Waals surface area contributed by atoms with E-state index in [-0.39, 0.29) is 45.1 Å². The molecule has 26 heteroatoms. The molecule has 2 aliphatic heterocycles. The number of ether oxygens (including phenoxy) is 2. The predicted octanol–water partition coefficient (Wildman–Crippen LogP) is -0.150. The number of nitrogens with zero attached hydrogens (tertiary/aromatic N) is 5. The number of oxime groups is 1. The highest BCUT2D eigenvalue weighted by Gasteiger charge is 2.54. The molecule has 1 saturated heterocycles. The first-order valence-electron chi connectivity index (χ1n) is 15.1. The fourth-order valence-electron chi connectivity index (χ4n) is 4.63. The second-order valence-electron chi connectivity index (χ2n) is 10.7. The molecule has 1 aromatic carbocycles. The molecule has 0 spiro atoms. The van der Waals surface area contributed by atoms with Crippen LogP contribution >= 0.6 is 46.2 Å². The van der Waals surface area contributed by atoms with E-state index < -0.39 is 71.3 Å². The van der Waals surface area contributed by atoms with Crippen molar-refractivity contribution in [1.29, 1.82) is 0 Å². The number of benzene rings is 1. The quantitative estimate of drug-likeness (QED) is 0.0326. The highest BCUT2D eigenvalue weighted by atomic mass is 32.2. The van der Waals surface area contributed by atoms with Gasteiger partial charge in [-0.3, -0.25) is 44.4 Å². The molecule has 22 nitrogen and oxygen atoms in total. The first kappa shape index (κ1) is 40.1. The summed E-state index contributed by atoms with van der Waals surface area (Å²) in [6, 6.07) is 1.06. The van der Waals surface area contributed by atoms with Gasteiger partial charge in [0.05, 0.1) is 0 Å². The molecule has 0 bridgehead atoms. The van der Waals surface area contributed by atoms with E-state index in [1.54, 1.807) is 5.51 Å². The summed E-state index contributed by atoms with van der Waals surface area (Å²) in [5, 5.41) is 26.4. The van der Waals surface area contributed by atoms with Crippen LogP contribution < -0.4 is 36.7 Å². The number of nitrogens with two attached hydrogens (primary N) is 1. The molecular formula is C29H26N10O12S4. The molecule has 55 heavy (non-hydrogen) atoms. The number of hydrogen-bond acceptors (Lipinski definition) is 20. The van der Waals surface area contributed by atoms with Crippen molar-refractivity contribution in [2.24, 2.45) is 5.16 Å². The molecule has 0 aliphatic carbocycles. The number of aliphatic carboxylic acids is 1. The number of carbonyl (C=O) groups excluding carboxylic acids is 7. The van der Waals surface area contributed by atoms with Crippen molar-refractivity contribution >= 4 is 105 Å². The number of thiazole rings is 1. The lowest BCUT2D eigenvalue weighted by Gasteiger charge is -2.49. The number of carboxylic acid groups (broad SMARTS) is 1. The SMILES string of the molecule is CC(=O)Oc1ccc(C(=O)NC(=O)NNC(=O)CON=C(C(=O)NC2C(=O)N3C(C(=O)O)=C(CSc4nncs4)CS[C@H]23)c2csc(N)n2)cc1OC(C)=O. The summed E-state index contributed by atoms with van der Waals surface area (Å²) in [7, 11) is 0. The van der Waals surface area contributed by atoms with E-state index in [0.717, 1.165) is 36.2 Å². The Morgan fingerprint density at radius 2 is 1.82 bits per heavy atom. The van der Waals surface area contributed by atoms with Crippen LogP contribution in [0.2, 0.25) is 0 Å². The number of carbonyl (C=O) groups is 8. The number of hydrogen-bond donors (Lipinski definition) is 6. The minimum atomic E-state index is -1.30. The van der Waals surface area contributed by atoms with Gasteiger partial charge < -0.3 is 30.5 Å². The van der Waals surface area contributed by atoms with Gasteiger partial charge in [-0.15, -0.1) is 33.3 Å². The summed E-state index contributed by atoms with van der Waals surface area (Å²) in [6.45, 7) is 1.33. The third kappa shape index (κ3) is 10.1. The van der Waals surface area contributed by atoms with Crippen LogP contribution in [0, 0.1) is 0 Å². The van der Waals surface area contributed by atoms with Gasteiger partial charge in [0.25, 0.3) is 23.6 Å². The topological polar surface area (TPSA) is 313 Å². The number of aromatic nitrogens is 3. The number of rotatable bonds is 13. The molecule has 6 amide bonds.